The number of anilines is 6. The predicted molar refractivity (Wildman–Crippen MR) is 219 cm³/mol. The maximum Gasteiger partial charge on any atom is 0.0470 e. The highest BCUT2D eigenvalue weighted by atomic mass is 14.9. The van der Waals surface area contributed by atoms with Crippen LogP contribution in [0.3, 0.4) is 0 Å². The smallest absolute Gasteiger partial charge is 0.0470 e. The molecule has 9 aromatic carbocycles. The molecule has 3 heteroatoms. The first kappa shape index (κ1) is 30.2. The Balaban J connectivity index is 0.992. The van der Waals surface area contributed by atoms with Gasteiger partial charge in [0.05, 0.1) is 0 Å². The lowest BCUT2D eigenvalue weighted by molar-refractivity contribution is 1.53. The maximum absolute atomic E-state index is 3.76. The number of fused-ring (bicyclic) bond motifs is 3. The molecule has 3 N–H and O–H groups in total. The number of hydrogen-bond donors (Lipinski definition) is 3. The average molecular weight is 654 g/mol. The van der Waals surface area contributed by atoms with Crippen molar-refractivity contribution in [3.63, 3.8) is 0 Å². The van der Waals surface area contributed by atoms with E-state index in [1.165, 1.54) is 54.6 Å². The summed E-state index contributed by atoms with van der Waals surface area (Å²) in [4.78, 5) is 0. The minimum atomic E-state index is 1.05. The van der Waals surface area contributed by atoms with Gasteiger partial charge < -0.3 is 16.0 Å². The van der Waals surface area contributed by atoms with Crippen molar-refractivity contribution >= 4 is 66.4 Å². The zero-order chi connectivity index (χ0) is 34.0. The van der Waals surface area contributed by atoms with Crippen LogP contribution in [0.15, 0.2) is 194 Å². The van der Waals surface area contributed by atoms with Gasteiger partial charge >= 0.3 is 0 Å². The standard InChI is InChI=1S/C48H35N3/c1-2-14-42(15-3-1)49-44-16-8-13-37(28-44)34-19-23-43(24-20-34)50-45-25-22-35-17-18-40(27-41(35)30-45)47-31-38-11-6-7-12-39(38)32-48(47)51-46-26-21-33-9-4-5-10-36(33)29-46/h1-32,49-51H. The van der Waals surface area contributed by atoms with Gasteiger partial charge in [-0.2, -0.15) is 0 Å². The lowest BCUT2D eigenvalue weighted by Gasteiger charge is -2.16. The summed E-state index contributed by atoms with van der Waals surface area (Å²) in [5.41, 5.74) is 11.1. The van der Waals surface area contributed by atoms with E-state index in [-0.39, 0.29) is 0 Å². The molecule has 0 saturated carbocycles. The molecule has 0 aliphatic heterocycles. The molecule has 0 amide bonds. The number of rotatable bonds is 8. The van der Waals surface area contributed by atoms with Gasteiger partial charge in [-0.15, -0.1) is 0 Å². The molecular weight excluding hydrogens is 619 g/mol. The summed E-state index contributed by atoms with van der Waals surface area (Å²) in [6.07, 6.45) is 0. The van der Waals surface area contributed by atoms with Crippen molar-refractivity contribution in [1.29, 1.82) is 0 Å². The summed E-state index contributed by atoms with van der Waals surface area (Å²) >= 11 is 0. The highest BCUT2D eigenvalue weighted by Gasteiger charge is 2.11. The Hall–Kier alpha value is -6.84. The Labute approximate surface area is 297 Å². The van der Waals surface area contributed by atoms with E-state index in [1.807, 2.05) is 18.2 Å². The van der Waals surface area contributed by atoms with Crippen molar-refractivity contribution < 1.29 is 0 Å². The molecule has 0 heterocycles. The summed E-state index contributed by atoms with van der Waals surface area (Å²) in [6, 6.07) is 68.9. The number of nitrogens with one attached hydrogen (secondary N) is 3. The number of para-hydroxylation sites is 1. The largest absolute Gasteiger partial charge is 0.356 e. The fourth-order valence-corrected chi connectivity index (χ4v) is 6.87. The van der Waals surface area contributed by atoms with Crippen LogP contribution < -0.4 is 16.0 Å². The van der Waals surface area contributed by atoms with Gasteiger partial charge in [0.15, 0.2) is 0 Å². The van der Waals surface area contributed by atoms with Crippen LogP contribution in [-0.2, 0) is 0 Å². The van der Waals surface area contributed by atoms with Crippen molar-refractivity contribution in [2.45, 2.75) is 0 Å². The molecule has 0 saturated heterocycles. The van der Waals surface area contributed by atoms with Gasteiger partial charge in [-0.3, -0.25) is 0 Å². The van der Waals surface area contributed by atoms with Gasteiger partial charge in [0.1, 0.15) is 0 Å². The van der Waals surface area contributed by atoms with Crippen LogP contribution >= 0.6 is 0 Å². The monoisotopic (exact) mass is 653 g/mol. The minimum absolute atomic E-state index is 1.05. The highest BCUT2D eigenvalue weighted by Crippen LogP contribution is 2.37. The van der Waals surface area contributed by atoms with E-state index >= 15 is 0 Å². The Bertz CT molecular complexity index is 2660. The van der Waals surface area contributed by atoms with Gasteiger partial charge in [0.25, 0.3) is 0 Å². The van der Waals surface area contributed by atoms with Crippen LogP contribution in [0.25, 0.3) is 54.6 Å². The second-order valence-corrected chi connectivity index (χ2v) is 13.0. The highest BCUT2D eigenvalue weighted by molar-refractivity contribution is 5.99. The lowest BCUT2D eigenvalue weighted by atomic mass is 9.96. The second kappa shape index (κ2) is 13.2. The SMILES string of the molecule is c1ccc(Nc2cccc(-c3ccc(Nc4ccc5ccc(-c6cc7ccccc7cc6Nc6ccc7ccccc7c6)cc5c4)cc3)c2)cc1. The first-order valence-electron chi connectivity index (χ1n) is 17.3. The molecule has 0 radical (unpaired) electrons. The van der Waals surface area contributed by atoms with Crippen molar-refractivity contribution in [3.8, 4) is 22.3 Å². The topological polar surface area (TPSA) is 36.1 Å². The van der Waals surface area contributed by atoms with Crippen LogP contribution in [0, 0.1) is 0 Å². The second-order valence-electron chi connectivity index (χ2n) is 13.0. The van der Waals surface area contributed by atoms with Crippen molar-refractivity contribution in [1.82, 2.24) is 0 Å². The molecule has 9 rings (SSSR count). The minimum Gasteiger partial charge on any atom is -0.356 e. The Morgan fingerprint density at radius 2 is 0.745 bits per heavy atom. The van der Waals surface area contributed by atoms with Crippen LogP contribution in [0.5, 0.6) is 0 Å². The van der Waals surface area contributed by atoms with E-state index in [9.17, 15) is 0 Å². The van der Waals surface area contributed by atoms with Gasteiger partial charge in [0.2, 0.25) is 0 Å². The fraction of sp³-hybridized carbons (Fsp3) is 0. The third-order valence-electron chi connectivity index (χ3n) is 9.50. The van der Waals surface area contributed by atoms with E-state index in [0.29, 0.717) is 0 Å². The molecule has 0 aromatic heterocycles. The van der Waals surface area contributed by atoms with Crippen molar-refractivity contribution in [2.24, 2.45) is 0 Å². The van der Waals surface area contributed by atoms with Gasteiger partial charge in [-0.25, -0.2) is 0 Å². The molecule has 0 atom stereocenters. The van der Waals surface area contributed by atoms with Crippen molar-refractivity contribution in [2.75, 3.05) is 16.0 Å². The number of benzene rings is 9. The molecular formula is C48H35N3. The summed E-state index contributed by atoms with van der Waals surface area (Å²) in [5, 5.41) is 18.2. The zero-order valence-corrected chi connectivity index (χ0v) is 28.0. The van der Waals surface area contributed by atoms with E-state index < -0.39 is 0 Å². The maximum atomic E-state index is 3.76. The first-order valence-corrected chi connectivity index (χ1v) is 17.3. The molecule has 51 heavy (non-hydrogen) atoms. The summed E-state index contributed by atoms with van der Waals surface area (Å²) < 4.78 is 0. The molecule has 3 nitrogen and oxygen atoms in total. The zero-order valence-electron chi connectivity index (χ0n) is 28.0. The quantitative estimate of drug-likeness (QED) is 0.153. The molecule has 242 valence electrons. The van der Waals surface area contributed by atoms with Gasteiger partial charge in [-0.05, 0) is 128 Å². The number of hydrogen-bond acceptors (Lipinski definition) is 3. The summed E-state index contributed by atoms with van der Waals surface area (Å²) in [7, 11) is 0. The molecule has 0 spiro atoms. The third kappa shape index (κ3) is 6.49. The van der Waals surface area contributed by atoms with E-state index in [1.54, 1.807) is 0 Å². The molecule has 0 fully saturated rings. The Morgan fingerprint density at radius 3 is 1.51 bits per heavy atom. The van der Waals surface area contributed by atoms with Crippen molar-refractivity contribution in [3.05, 3.63) is 194 Å². The first-order chi connectivity index (χ1) is 25.2. The van der Waals surface area contributed by atoms with Crippen LogP contribution in [0.2, 0.25) is 0 Å². The van der Waals surface area contributed by atoms with Gasteiger partial charge in [0, 0.05) is 39.7 Å². The Morgan fingerprint density at radius 1 is 0.235 bits per heavy atom. The Kier molecular flexibility index (Phi) is 7.84. The van der Waals surface area contributed by atoms with Crippen LogP contribution in [-0.4, -0.2) is 0 Å². The van der Waals surface area contributed by atoms with Crippen LogP contribution in [0.4, 0.5) is 34.1 Å². The fourth-order valence-electron chi connectivity index (χ4n) is 6.87. The summed E-state index contributed by atoms with van der Waals surface area (Å²) in [5.74, 6) is 0. The third-order valence-corrected chi connectivity index (χ3v) is 9.50. The van der Waals surface area contributed by atoms with E-state index in [2.05, 4.69) is 192 Å². The molecule has 0 bridgehead atoms. The molecule has 0 unspecified atom stereocenters. The normalized spacial score (nSPS) is 11.1. The van der Waals surface area contributed by atoms with Crippen LogP contribution in [0.1, 0.15) is 0 Å². The molecule has 9 aromatic rings. The average Bonchev–Trinajstić information content (AvgIpc) is 3.18. The lowest BCUT2D eigenvalue weighted by Crippen LogP contribution is -1.95. The molecule has 0 aliphatic carbocycles. The van der Waals surface area contributed by atoms with E-state index in [4.69, 9.17) is 0 Å². The molecule has 0 aliphatic rings. The summed E-state index contributed by atoms with van der Waals surface area (Å²) in [6.45, 7) is 0. The van der Waals surface area contributed by atoms with Gasteiger partial charge in [-0.1, -0.05) is 115 Å². The van der Waals surface area contributed by atoms with E-state index in [0.717, 1.165) is 34.1 Å². The predicted octanol–water partition coefficient (Wildman–Crippen LogP) is 13.7.